The lowest BCUT2D eigenvalue weighted by Crippen LogP contribution is -2.49. The van der Waals surface area contributed by atoms with Crippen molar-refractivity contribution >= 4 is 16.1 Å². The van der Waals surface area contributed by atoms with E-state index in [1.54, 1.807) is 0 Å². The van der Waals surface area contributed by atoms with E-state index in [1.165, 1.54) is 28.3 Å². The van der Waals surface area contributed by atoms with Crippen molar-refractivity contribution in [1.82, 2.24) is 13.9 Å². The number of piperidine rings is 1. The van der Waals surface area contributed by atoms with Crippen LogP contribution in [0.4, 0.5) is 0 Å². The summed E-state index contributed by atoms with van der Waals surface area (Å²) in [7, 11) is -0.418. The zero-order valence-corrected chi connectivity index (χ0v) is 14.6. The molecule has 1 aliphatic heterocycles. The Kier molecular flexibility index (Phi) is 6.15. The molecule has 7 heteroatoms. The molecule has 23 heavy (non-hydrogen) atoms. The first-order valence-corrected chi connectivity index (χ1v) is 9.30. The van der Waals surface area contributed by atoms with Gasteiger partial charge in [0, 0.05) is 33.7 Å². The molecule has 1 aromatic rings. The van der Waals surface area contributed by atoms with Gasteiger partial charge in [0.1, 0.15) is 0 Å². The number of benzene rings is 1. The highest BCUT2D eigenvalue weighted by Gasteiger charge is 2.33. The molecular formula is C16H25N3O3S. The van der Waals surface area contributed by atoms with Gasteiger partial charge < -0.3 is 5.32 Å². The number of carbonyl (C=O) groups is 1. The molecule has 1 aromatic carbocycles. The van der Waals surface area contributed by atoms with Gasteiger partial charge in [0.25, 0.3) is 10.2 Å². The number of hydrogen-bond acceptors (Lipinski definition) is 3. The predicted octanol–water partition coefficient (Wildman–Crippen LogP) is 0.864. The molecule has 1 atom stereocenters. The van der Waals surface area contributed by atoms with Gasteiger partial charge in [-0.2, -0.15) is 17.0 Å². The van der Waals surface area contributed by atoms with Crippen LogP contribution in [0.5, 0.6) is 0 Å². The number of nitrogens with zero attached hydrogens (tertiary/aromatic N) is 2. The third kappa shape index (κ3) is 4.76. The van der Waals surface area contributed by atoms with Crippen LogP contribution < -0.4 is 5.32 Å². The van der Waals surface area contributed by atoms with Crippen LogP contribution in [0.2, 0.25) is 0 Å². The highest BCUT2D eigenvalue weighted by molar-refractivity contribution is 7.86. The molecule has 0 aliphatic carbocycles. The fraction of sp³-hybridized carbons (Fsp3) is 0.562. The van der Waals surface area contributed by atoms with Crippen LogP contribution in [0.15, 0.2) is 30.3 Å². The normalized spacial score (nSPS) is 19.7. The van der Waals surface area contributed by atoms with E-state index in [4.69, 9.17) is 0 Å². The summed E-state index contributed by atoms with van der Waals surface area (Å²) in [6.45, 7) is 1.31. The van der Waals surface area contributed by atoms with Crippen molar-refractivity contribution < 1.29 is 13.2 Å². The summed E-state index contributed by atoms with van der Waals surface area (Å²) >= 11 is 0. The van der Waals surface area contributed by atoms with Crippen LogP contribution >= 0.6 is 0 Å². The molecule has 0 bridgehead atoms. The molecule has 0 saturated carbocycles. The first-order chi connectivity index (χ1) is 10.9. The van der Waals surface area contributed by atoms with Gasteiger partial charge in [0.2, 0.25) is 5.91 Å². The summed E-state index contributed by atoms with van der Waals surface area (Å²) in [6.07, 6.45) is 2.22. The minimum Gasteiger partial charge on any atom is -0.355 e. The smallest absolute Gasteiger partial charge is 0.281 e. The lowest BCUT2D eigenvalue weighted by atomic mass is 9.99. The summed E-state index contributed by atoms with van der Waals surface area (Å²) in [6, 6.07) is 9.96. The Hall–Kier alpha value is -1.44. The van der Waals surface area contributed by atoms with Gasteiger partial charge in [-0.25, -0.2) is 0 Å². The van der Waals surface area contributed by atoms with Gasteiger partial charge in [-0.05, 0) is 24.8 Å². The number of carbonyl (C=O) groups excluding carboxylic acids is 1. The maximum atomic E-state index is 12.3. The van der Waals surface area contributed by atoms with E-state index in [9.17, 15) is 13.2 Å². The Balaban J connectivity index is 1.85. The van der Waals surface area contributed by atoms with Crippen LogP contribution in [0.3, 0.4) is 0 Å². The molecule has 1 amide bonds. The highest BCUT2D eigenvalue weighted by Crippen LogP contribution is 2.20. The van der Waals surface area contributed by atoms with Crippen molar-refractivity contribution in [3.05, 3.63) is 35.9 Å². The van der Waals surface area contributed by atoms with E-state index in [0.29, 0.717) is 19.5 Å². The van der Waals surface area contributed by atoms with Crippen LogP contribution in [0.1, 0.15) is 18.4 Å². The lowest BCUT2D eigenvalue weighted by molar-refractivity contribution is -0.126. The quantitative estimate of drug-likeness (QED) is 0.836. The maximum absolute atomic E-state index is 12.3. The second-order valence-corrected chi connectivity index (χ2v) is 8.16. The monoisotopic (exact) mass is 339 g/mol. The van der Waals surface area contributed by atoms with Crippen molar-refractivity contribution in [3.63, 3.8) is 0 Å². The van der Waals surface area contributed by atoms with Crippen LogP contribution in [0.25, 0.3) is 0 Å². The molecule has 0 aromatic heterocycles. The number of nitrogens with one attached hydrogen (secondary N) is 1. The minimum absolute atomic E-state index is 0.0559. The number of amides is 1. The summed E-state index contributed by atoms with van der Waals surface area (Å²) in [5, 5.41) is 2.93. The van der Waals surface area contributed by atoms with Crippen LogP contribution in [-0.4, -0.2) is 56.7 Å². The Morgan fingerprint density at radius 2 is 2.00 bits per heavy atom. The molecular weight excluding hydrogens is 314 g/mol. The van der Waals surface area contributed by atoms with Crippen molar-refractivity contribution in [2.75, 3.05) is 33.7 Å². The molecule has 1 N–H and O–H groups in total. The predicted molar refractivity (Wildman–Crippen MR) is 90.1 cm³/mol. The summed E-state index contributed by atoms with van der Waals surface area (Å²) < 4.78 is 26.9. The fourth-order valence-electron chi connectivity index (χ4n) is 2.72. The van der Waals surface area contributed by atoms with Gasteiger partial charge >= 0.3 is 0 Å². The Labute approximate surface area is 138 Å². The van der Waals surface area contributed by atoms with Crippen LogP contribution in [-0.2, 0) is 21.4 Å². The molecule has 1 heterocycles. The fourth-order valence-corrected chi connectivity index (χ4v) is 3.91. The Bertz CT molecular complexity index is 617. The standard InChI is InChI=1S/C16H25N3O3S/c1-18(2)23(21,22)19-12-6-9-15(13-19)16(20)17-11-10-14-7-4-3-5-8-14/h3-5,7-8,15H,6,9-13H2,1-2H3,(H,17,20). The summed E-state index contributed by atoms with van der Waals surface area (Å²) in [5.41, 5.74) is 1.17. The molecule has 1 saturated heterocycles. The van der Waals surface area contributed by atoms with E-state index < -0.39 is 10.2 Å². The molecule has 6 nitrogen and oxygen atoms in total. The minimum atomic E-state index is -3.44. The zero-order valence-electron chi connectivity index (χ0n) is 13.7. The van der Waals surface area contributed by atoms with Gasteiger partial charge in [-0.3, -0.25) is 4.79 Å². The molecule has 0 radical (unpaired) electrons. The van der Waals surface area contributed by atoms with Gasteiger partial charge in [-0.1, -0.05) is 30.3 Å². The second kappa shape index (κ2) is 7.90. The van der Waals surface area contributed by atoms with Crippen LogP contribution in [0, 0.1) is 5.92 Å². The Morgan fingerprint density at radius 3 is 2.65 bits per heavy atom. The third-order valence-electron chi connectivity index (χ3n) is 4.10. The lowest BCUT2D eigenvalue weighted by Gasteiger charge is -2.32. The van der Waals surface area contributed by atoms with E-state index >= 15 is 0 Å². The first kappa shape index (κ1) is 17.9. The van der Waals surface area contributed by atoms with Gasteiger partial charge in [0.15, 0.2) is 0 Å². The highest BCUT2D eigenvalue weighted by atomic mass is 32.2. The molecule has 1 unspecified atom stereocenters. The second-order valence-electron chi connectivity index (χ2n) is 6.01. The summed E-state index contributed by atoms with van der Waals surface area (Å²) in [4.78, 5) is 12.3. The molecule has 0 spiro atoms. The average molecular weight is 339 g/mol. The van der Waals surface area contributed by atoms with E-state index in [2.05, 4.69) is 5.32 Å². The van der Waals surface area contributed by atoms with E-state index in [0.717, 1.165) is 12.8 Å². The van der Waals surface area contributed by atoms with Gasteiger partial charge in [0.05, 0.1) is 5.92 Å². The number of hydrogen-bond donors (Lipinski definition) is 1. The van der Waals surface area contributed by atoms with Crippen molar-refractivity contribution in [3.8, 4) is 0 Å². The van der Waals surface area contributed by atoms with E-state index in [-0.39, 0.29) is 18.4 Å². The van der Waals surface area contributed by atoms with Gasteiger partial charge in [-0.15, -0.1) is 0 Å². The third-order valence-corrected chi connectivity index (χ3v) is 6.01. The molecule has 1 fully saturated rings. The van der Waals surface area contributed by atoms with Crippen molar-refractivity contribution in [2.45, 2.75) is 19.3 Å². The Morgan fingerprint density at radius 1 is 1.30 bits per heavy atom. The van der Waals surface area contributed by atoms with E-state index in [1.807, 2.05) is 30.3 Å². The molecule has 1 aliphatic rings. The largest absolute Gasteiger partial charge is 0.355 e. The molecule has 128 valence electrons. The zero-order chi connectivity index (χ0) is 16.9. The SMILES string of the molecule is CN(C)S(=O)(=O)N1CCCC(C(=O)NCCc2ccccc2)C1. The number of rotatable bonds is 6. The summed E-state index contributed by atoms with van der Waals surface area (Å²) in [5.74, 6) is -0.325. The first-order valence-electron chi connectivity index (χ1n) is 7.90. The van der Waals surface area contributed by atoms with Crippen molar-refractivity contribution in [1.29, 1.82) is 0 Å². The average Bonchev–Trinajstić information content (AvgIpc) is 2.55. The van der Waals surface area contributed by atoms with Crippen molar-refractivity contribution in [2.24, 2.45) is 5.92 Å². The molecule has 2 rings (SSSR count). The maximum Gasteiger partial charge on any atom is 0.281 e. The topological polar surface area (TPSA) is 69.7 Å².